The van der Waals surface area contributed by atoms with Crippen molar-refractivity contribution in [1.29, 1.82) is 0 Å². The monoisotopic (exact) mass is 240 g/mol. The lowest BCUT2D eigenvalue weighted by Crippen LogP contribution is -2.28. The molecule has 1 aromatic heterocycles. The molecule has 0 aromatic carbocycles. The molecule has 3 N–H and O–H groups in total. The lowest BCUT2D eigenvalue weighted by atomic mass is 10.2. The van der Waals surface area contributed by atoms with Crippen molar-refractivity contribution < 1.29 is 5.11 Å². The van der Waals surface area contributed by atoms with Crippen LogP contribution in [0.25, 0.3) is 0 Å². The van der Waals surface area contributed by atoms with Crippen molar-refractivity contribution >= 4 is 17.2 Å². The Morgan fingerprint density at radius 3 is 2.81 bits per heavy atom. The van der Waals surface area contributed by atoms with Crippen molar-refractivity contribution in [2.45, 2.75) is 25.8 Å². The quantitative estimate of drug-likeness (QED) is 0.566. The number of hydrogen-bond donors (Lipinski definition) is 2. The first-order chi connectivity index (χ1) is 7.66. The normalized spacial score (nSPS) is 10.3. The molecular formula is C11H16N2O2S. The first-order valence-electron chi connectivity index (χ1n) is 5.27. The summed E-state index contributed by atoms with van der Waals surface area (Å²) in [7, 11) is 0. The number of aromatic nitrogens is 1. The van der Waals surface area contributed by atoms with Gasteiger partial charge in [-0.15, -0.1) is 0 Å². The molecule has 16 heavy (non-hydrogen) atoms. The smallest absolute Gasteiger partial charge is 0.260 e. The van der Waals surface area contributed by atoms with E-state index in [0.29, 0.717) is 12.1 Å². The minimum Gasteiger partial charge on any atom is -0.396 e. The van der Waals surface area contributed by atoms with E-state index in [1.807, 2.05) is 0 Å². The molecule has 1 aromatic rings. The Kier molecular flexibility index (Phi) is 5.14. The van der Waals surface area contributed by atoms with E-state index in [1.54, 1.807) is 22.9 Å². The number of pyridine rings is 1. The number of rotatable bonds is 6. The number of aliphatic hydroxyl groups excluding tert-OH is 1. The first kappa shape index (κ1) is 12.9. The summed E-state index contributed by atoms with van der Waals surface area (Å²) in [5.41, 5.74) is 5.69. The van der Waals surface area contributed by atoms with Gasteiger partial charge in [0.15, 0.2) is 0 Å². The van der Waals surface area contributed by atoms with Crippen molar-refractivity contribution in [2.75, 3.05) is 6.61 Å². The summed E-state index contributed by atoms with van der Waals surface area (Å²) in [6.07, 6.45) is 4.26. The summed E-state index contributed by atoms with van der Waals surface area (Å²) in [4.78, 5) is 12.0. The van der Waals surface area contributed by atoms with Gasteiger partial charge in [0.05, 0.1) is 5.56 Å². The molecule has 5 heteroatoms. The average Bonchev–Trinajstić information content (AvgIpc) is 2.26. The van der Waals surface area contributed by atoms with Gasteiger partial charge < -0.3 is 15.4 Å². The number of nitrogens with two attached hydrogens (primary N) is 1. The Balaban J connectivity index is 2.70. The molecule has 88 valence electrons. The Labute approximate surface area is 99.7 Å². The van der Waals surface area contributed by atoms with Gasteiger partial charge in [-0.2, -0.15) is 0 Å². The van der Waals surface area contributed by atoms with Crippen LogP contribution in [0.4, 0.5) is 0 Å². The van der Waals surface area contributed by atoms with E-state index in [2.05, 4.69) is 0 Å². The molecule has 0 saturated carbocycles. The molecule has 0 aliphatic heterocycles. The standard InChI is InChI=1S/C11H16N2O2S/c12-10(16)9-5-4-7-13(11(9)15)6-2-1-3-8-14/h4-5,7,14H,1-3,6,8H2,(H2,12,16). The Hall–Kier alpha value is -1.20. The summed E-state index contributed by atoms with van der Waals surface area (Å²) in [6, 6.07) is 3.40. The molecule has 0 aliphatic carbocycles. The predicted octanol–water partition coefficient (Wildman–Crippen LogP) is 0.645. The average molecular weight is 240 g/mol. The van der Waals surface area contributed by atoms with Crippen LogP contribution in [0.3, 0.4) is 0 Å². The van der Waals surface area contributed by atoms with Gasteiger partial charge in [0, 0.05) is 19.3 Å². The zero-order valence-electron chi connectivity index (χ0n) is 9.06. The second-order valence-electron chi connectivity index (χ2n) is 3.57. The van der Waals surface area contributed by atoms with Crippen LogP contribution in [-0.4, -0.2) is 21.3 Å². The maximum atomic E-state index is 11.8. The fourth-order valence-electron chi connectivity index (χ4n) is 1.47. The molecule has 0 saturated heterocycles. The number of aryl methyl sites for hydroxylation is 1. The van der Waals surface area contributed by atoms with Gasteiger partial charge in [-0.25, -0.2) is 0 Å². The third kappa shape index (κ3) is 3.43. The zero-order valence-corrected chi connectivity index (χ0v) is 9.87. The summed E-state index contributed by atoms with van der Waals surface area (Å²) in [5, 5.41) is 8.63. The lowest BCUT2D eigenvalue weighted by molar-refractivity contribution is 0.281. The van der Waals surface area contributed by atoms with Crippen LogP contribution in [0.2, 0.25) is 0 Å². The molecule has 0 bridgehead atoms. The Bertz CT molecular complexity index is 415. The topological polar surface area (TPSA) is 68.2 Å². The van der Waals surface area contributed by atoms with Crippen LogP contribution in [0, 0.1) is 0 Å². The molecule has 1 heterocycles. The fourth-order valence-corrected chi connectivity index (χ4v) is 1.63. The van der Waals surface area contributed by atoms with Crippen molar-refractivity contribution in [3.63, 3.8) is 0 Å². The molecule has 0 atom stereocenters. The van der Waals surface area contributed by atoms with Crippen LogP contribution >= 0.6 is 12.2 Å². The lowest BCUT2D eigenvalue weighted by Gasteiger charge is -2.06. The van der Waals surface area contributed by atoms with Gasteiger partial charge in [-0.05, 0) is 31.4 Å². The molecule has 1 rings (SSSR count). The van der Waals surface area contributed by atoms with Crippen molar-refractivity contribution in [3.8, 4) is 0 Å². The van der Waals surface area contributed by atoms with Gasteiger partial charge in [-0.3, -0.25) is 4.79 Å². The van der Waals surface area contributed by atoms with E-state index in [1.165, 1.54) is 0 Å². The maximum absolute atomic E-state index is 11.8. The molecule has 0 radical (unpaired) electrons. The summed E-state index contributed by atoms with van der Waals surface area (Å²) in [5.74, 6) is 0. The van der Waals surface area contributed by atoms with E-state index in [0.717, 1.165) is 19.3 Å². The second-order valence-corrected chi connectivity index (χ2v) is 4.01. The highest BCUT2D eigenvalue weighted by Gasteiger charge is 2.04. The van der Waals surface area contributed by atoms with Crippen molar-refractivity contribution in [3.05, 3.63) is 34.2 Å². The molecule has 0 aliphatic rings. The molecule has 0 unspecified atom stereocenters. The van der Waals surface area contributed by atoms with Gasteiger partial charge >= 0.3 is 0 Å². The number of aliphatic hydroxyl groups is 1. The summed E-state index contributed by atoms with van der Waals surface area (Å²) in [6.45, 7) is 0.830. The third-order valence-electron chi connectivity index (χ3n) is 2.34. The summed E-state index contributed by atoms with van der Waals surface area (Å²) >= 11 is 4.79. The second kappa shape index (κ2) is 6.40. The van der Waals surface area contributed by atoms with Gasteiger partial charge in [-0.1, -0.05) is 12.2 Å². The summed E-state index contributed by atoms with van der Waals surface area (Å²) < 4.78 is 1.60. The SMILES string of the molecule is NC(=S)c1cccn(CCCCCO)c1=O. The van der Waals surface area contributed by atoms with Gasteiger partial charge in [0.2, 0.25) is 0 Å². The van der Waals surface area contributed by atoms with Crippen LogP contribution in [0.15, 0.2) is 23.1 Å². The molecule has 4 nitrogen and oxygen atoms in total. The molecule has 0 fully saturated rings. The maximum Gasteiger partial charge on any atom is 0.260 e. The van der Waals surface area contributed by atoms with Crippen LogP contribution in [0.5, 0.6) is 0 Å². The fraction of sp³-hybridized carbons (Fsp3) is 0.455. The van der Waals surface area contributed by atoms with Crippen LogP contribution < -0.4 is 11.3 Å². The zero-order chi connectivity index (χ0) is 12.0. The Morgan fingerprint density at radius 1 is 1.44 bits per heavy atom. The van der Waals surface area contributed by atoms with Crippen molar-refractivity contribution in [1.82, 2.24) is 4.57 Å². The number of nitrogens with zero attached hydrogens (tertiary/aromatic N) is 1. The predicted molar refractivity (Wildman–Crippen MR) is 67.5 cm³/mol. The Morgan fingerprint density at radius 2 is 2.19 bits per heavy atom. The first-order valence-corrected chi connectivity index (χ1v) is 5.67. The highest BCUT2D eigenvalue weighted by Crippen LogP contribution is 1.98. The molecule has 0 amide bonds. The number of thiocarbonyl (C=S) groups is 1. The van der Waals surface area contributed by atoms with Crippen LogP contribution in [0.1, 0.15) is 24.8 Å². The van der Waals surface area contributed by atoms with E-state index in [-0.39, 0.29) is 17.2 Å². The minimum atomic E-state index is -0.140. The van der Waals surface area contributed by atoms with Gasteiger partial charge in [0.25, 0.3) is 5.56 Å². The van der Waals surface area contributed by atoms with E-state index in [9.17, 15) is 4.79 Å². The van der Waals surface area contributed by atoms with Gasteiger partial charge in [0.1, 0.15) is 4.99 Å². The van der Waals surface area contributed by atoms with Crippen molar-refractivity contribution in [2.24, 2.45) is 5.73 Å². The number of hydrogen-bond acceptors (Lipinski definition) is 3. The molecular weight excluding hydrogens is 224 g/mol. The van der Waals surface area contributed by atoms with Crippen LogP contribution in [-0.2, 0) is 6.54 Å². The van der Waals surface area contributed by atoms with E-state index < -0.39 is 0 Å². The minimum absolute atomic E-state index is 0.134. The van der Waals surface area contributed by atoms with E-state index in [4.69, 9.17) is 23.1 Å². The van der Waals surface area contributed by atoms with E-state index >= 15 is 0 Å². The highest BCUT2D eigenvalue weighted by atomic mass is 32.1. The third-order valence-corrected chi connectivity index (χ3v) is 2.56. The molecule has 0 spiro atoms. The number of unbranched alkanes of at least 4 members (excludes halogenated alkanes) is 2. The highest BCUT2D eigenvalue weighted by molar-refractivity contribution is 7.80. The largest absolute Gasteiger partial charge is 0.396 e.